The summed E-state index contributed by atoms with van der Waals surface area (Å²) in [6.07, 6.45) is 0.989. The van der Waals surface area contributed by atoms with Crippen LogP contribution in [0.1, 0.15) is 32.8 Å². The van der Waals surface area contributed by atoms with Crippen LogP contribution in [0, 0.1) is 0 Å². The summed E-state index contributed by atoms with van der Waals surface area (Å²) < 4.78 is 26.6. The van der Waals surface area contributed by atoms with E-state index in [0.717, 1.165) is 13.0 Å². The largest absolute Gasteiger partial charge is 0.313 e. The van der Waals surface area contributed by atoms with Crippen LogP contribution in [0.2, 0.25) is 10.0 Å². The van der Waals surface area contributed by atoms with Gasteiger partial charge in [-0.05, 0) is 30.7 Å². The molecule has 0 unspecified atom stereocenters. The lowest BCUT2D eigenvalue weighted by molar-refractivity contribution is 0.445. The molecule has 0 aliphatic heterocycles. The maximum absolute atomic E-state index is 12.6. The zero-order chi connectivity index (χ0) is 16.0. The molecular weight excluding hydrogens is 331 g/mol. The summed E-state index contributed by atoms with van der Waals surface area (Å²) in [4.78, 5) is 0.0775. The summed E-state index contributed by atoms with van der Waals surface area (Å²) in [5, 5.41) is 3.82. The summed E-state index contributed by atoms with van der Waals surface area (Å²) in [6.45, 7) is 7.76. The van der Waals surface area contributed by atoms with Crippen molar-refractivity contribution in [1.29, 1.82) is 0 Å². The molecule has 0 atom stereocenters. The van der Waals surface area contributed by atoms with Gasteiger partial charge in [0.15, 0.2) is 0 Å². The van der Waals surface area contributed by atoms with Gasteiger partial charge in [-0.25, -0.2) is 8.42 Å². The van der Waals surface area contributed by atoms with E-state index in [1.54, 1.807) is 19.9 Å². The second-order valence-electron chi connectivity index (χ2n) is 4.64. The maximum atomic E-state index is 12.6. The van der Waals surface area contributed by atoms with E-state index in [1.165, 1.54) is 10.4 Å². The minimum Gasteiger partial charge on any atom is -0.313 e. The summed E-state index contributed by atoms with van der Waals surface area (Å²) >= 11 is 12.4. The molecule has 1 N–H and O–H groups in total. The van der Waals surface area contributed by atoms with Gasteiger partial charge in [0.05, 0.1) is 5.02 Å². The SMILES string of the molecule is CCCNCc1cc(Cl)cc(S(=O)(=O)N(CC)CC)c1Cl. The third kappa shape index (κ3) is 4.57. The third-order valence-electron chi connectivity index (χ3n) is 3.14. The number of nitrogens with one attached hydrogen (secondary N) is 1. The van der Waals surface area contributed by atoms with E-state index in [2.05, 4.69) is 12.2 Å². The van der Waals surface area contributed by atoms with Crippen molar-refractivity contribution in [2.45, 2.75) is 38.6 Å². The predicted octanol–water partition coefficient (Wildman–Crippen LogP) is 3.52. The quantitative estimate of drug-likeness (QED) is 0.728. The van der Waals surface area contributed by atoms with Crippen molar-refractivity contribution in [2.75, 3.05) is 19.6 Å². The van der Waals surface area contributed by atoms with Gasteiger partial charge in [0.2, 0.25) is 10.0 Å². The van der Waals surface area contributed by atoms with E-state index < -0.39 is 10.0 Å². The Bertz CT molecular complexity index is 573. The van der Waals surface area contributed by atoms with Gasteiger partial charge in [0.25, 0.3) is 0 Å². The molecule has 0 saturated heterocycles. The van der Waals surface area contributed by atoms with Crippen LogP contribution >= 0.6 is 23.2 Å². The van der Waals surface area contributed by atoms with Gasteiger partial charge in [-0.2, -0.15) is 4.31 Å². The lowest BCUT2D eigenvalue weighted by Gasteiger charge is -2.20. The molecule has 120 valence electrons. The maximum Gasteiger partial charge on any atom is 0.244 e. The topological polar surface area (TPSA) is 49.4 Å². The van der Waals surface area contributed by atoms with Crippen molar-refractivity contribution in [3.63, 3.8) is 0 Å². The lowest BCUT2D eigenvalue weighted by Crippen LogP contribution is -2.31. The molecule has 0 bridgehead atoms. The van der Waals surface area contributed by atoms with Gasteiger partial charge in [-0.15, -0.1) is 0 Å². The predicted molar refractivity (Wildman–Crippen MR) is 88.6 cm³/mol. The average Bonchev–Trinajstić information content (AvgIpc) is 2.43. The number of benzene rings is 1. The molecule has 0 aliphatic carbocycles. The molecule has 0 amide bonds. The van der Waals surface area contributed by atoms with Crippen LogP contribution in [0.5, 0.6) is 0 Å². The Hall–Kier alpha value is -0.330. The Balaban J connectivity index is 3.24. The molecule has 1 aromatic rings. The fourth-order valence-electron chi connectivity index (χ4n) is 2.04. The van der Waals surface area contributed by atoms with E-state index >= 15 is 0 Å². The van der Waals surface area contributed by atoms with Crippen molar-refractivity contribution >= 4 is 33.2 Å². The number of sulfonamides is 1. The van der Waals surface area contributed by atoms with Gasteiger partial charge in [-0.3, -0.25) is 0 Å². The van der Waals surface area contributed by atoms with Crippen LogP contribution in [0.25, 0.3) is 0 Å². The highest BCUT2D eigenvalue weighted by molar-refractivity contribution is 7.89. The van der Waals surface area contributed by atoms with E-state index in [-0.39, 0.29) is 9.92 Å². The minimum absolute atomic E-state index is 0.0775. The fourth-order valence-corrected chi connectivity index (χ4v) is 4.40. The molecule has 0 heterocycles. The molecule has 0 fully saturated rings. The zero-order valence-electron chi connectivity index (χ0n) is 12.6. The van der Waals surface area contributed by atoms with E-state index in [1.807, 2.05) is 0 Å². The molecule has 0 saturated carbocycles. The first-order valence-electron chi connectivity index (χ1n) is 7.07. The Kier molecular flexibility index (Phi) is 7.44. The first-order chi connectivity index (χ1) is 9.88. The van der Waals surface area contributed by atoms with Crippen LogP contribution < -0.4 is 5.32 Å². The zero-order valence-corrected chi connectivity index (χ0v) is 14.9. The van der Waals surface area contributed by atoms with Crippen LogP contribution in [0.15, 0.2) is 17.0 Å². The minimum atomic E-state index is -3.62. The molecule has 0 aliphatic rings. The Morgan fingerprint density at radius 1 is 1.14 bits per heavy atom. The summed E-state index contributed by atoms with van der Waals surface area (Å²) in [7, 11) is -3.62. The van der Waals surface area contributed by atoms with Gasteiger partial charge >= 0.3 is 0 Å². The third-order valence-corrected chi connectivity index (χ3v) is 6.00. The highest BCUT2D eigenvalue weighted by Gasteiger charge is 2.26. The van der Waals surface area contributed by atoms with Crippen molar-refractivity contribution in [3.05, 3.63) is 27.7 Å². The second kappa shape index (κ2) is 8.34. The second-order valence-corrected chi connectivity index (χ2v) is 7.36. The van der Waals surface area contributed by atoms with Gasteiger partial charge < -0.3 is 5.32 Å². The molecule has 1 aromatic carbocycles. The monoisotopic (exact) mass is 352 g/mol. The average molecular weight is 353 g/mol. The van der Waals surface area contributed by atoms with Crippen LogP contribution in [0.3, 0.4) is 0 Å². The molecule has 21 heavy (non-hydrogen) atoms. The Morgan fingerprint density at radius 2 is 1.76 bits per heavy atom. The highest BCUT2D eigenvalue weighted by Crippen LogP contribution is 2.31. The number of hydrogen-bond acceptors (Lipinski definition) is 3. The molecule has 0 aromatic heterocycles. The summed E-state index contributed by atoms with van der Waals surface area (Å²) in [5.41, 5.74) is 0.698. The summed E-state index contributed by atoms with van der Waals surface area (Å²) in [5.74, 6) is 0. The molecular formula is C14H22Cl2N2O2S. The normalized spacial score (nSPS) is 12.1. The highest BCUT2D eigenvalue weighted by atomic mass is 35.5. The van der Waals surface area contributed by atoms with Crippen molar-refractivity contribution < 1.29 is 8.42 Å². The first kappa shape index (κ1) is 18.7. The van der Waals surface area contributed by atoms with Crippen molar-refractivity contribution in [3.8, 4) is 0 Å². The van der Waals surface area contributed by atoms with Gasteiger partial charge in [-0.1, -0.05) is 44.0 Å². The van der Waals surface area contributed by atoms with E-state index in [4.69, 9.17) is 23.2 Å². The van der Waals surface area contributed by atoms with E-state index in [9.17, 15) is 8.42 Å². The number of rotatable bonds is 8. The van der Waals surface area contributed by atoms with Crippen LogP contribution in [-0.4, -0.2) is 32.4 Å². The van der Waals surface area contributed by atoms with E-state index in [0.29, 0.717) is 30.2 Å². The van der Waals surface area contributed by atoms with Crippen molar-refractivity contribution in [2.24, 2.45) is 0 Å². The molecule has 4 nitrogen and oxygen atoms in total. The summed E-state index contributed by atoms with van der Waals surface area (Å²) in [6, 6.07) is 3.12. The first-order valence-corrected chi connectivity index (χ1v) is 9.26. The smallest absolute Gasteiger partial charge is 0.244 e. The standard InChI is InChI=1S/C14H22Cl2N2O2S/c1-4-7-17-10-11-8-12(15)9-13(14(11)16)21(19,20)18(5-2)6-3/h8-9,17H,4-7,10H2,1-3H3. The number of halogens is 2. The molecule has 1 rings (SSSR count). The van der Waals surface area contributed by atoms with Crippen LogP contribution in [-0.2, 0) is 16.6 Å². The molecule has 0 spiro atoms. The number of nitrogens with zero attached hydrogens (tertiary/aromatic N) is 1. The lowest BCUT2D eigenvalue weighted by atomic mass is 10.2. The number of hydrogen-bond donors (Lipinski definition) is 1. The Labute approximate surface area is 137 Å². The van der Waals surface area contributed by atoms with Crippen LogP contribution in [0.4, 0.5) is 0 Å². The molecule has 0 radical (unpaired) electrons. The fraction of sp³-hybridized carbons (Fsp3) is 0.571. The van der Waals surface area contributed by atoms with Gasteiger partial charge in [0.1, 0.15) is 4.90 Å². The van der Waals surface area contributed by atoms with Crippen molar-refractivity contribution in [1.82, 2.24) is 9.62 Å². The molecule has 7 heteroatoms. The Morgan fingerprint density at radius 3 is 2.29 bits per heavy atom. The van der Waals surface area contributed by atoms with Gasteiger partial charge in [0, 0.05) is 24.7 Å².